The molecule has 1 amide bonds. The third-order valence-electron chi connectivity index (χ3n) is 2.41. The molecule has 6 heteroatoms. The first-order valence-electron chi connectivity index (χ1n) is 5.39. The van der Waals surface area contributed by atoms with Gasteiger partial charge in [0.2, 0.25) is 0 Å². The summed E-state index contributed by atoms with van der Waals surface area (Å²) in [5.41, 5.74) is -0.0339. The summed E-state index contributed by atoms with van der Waals surface area (Å²) in [5, 5.41) is 13.0. The predicted octanol–water partition coefficient (Wildman–Crippen LogP) is -0.377. The first-order valence-corrected chi connectivity index (χ1v) is 5.39. The van der Waals surface area contributed by atoms with Crippen LogP contribution in [0.15, 0.2) is 16.9 Å². The number of aryl methyl sites for hydroxylation is 1. The van der Waals surface area contributed by atoms with Crippen molar-refractivity contribution in [2.45, 2.75) is 19.4 Å². The first-order chi connectivity index (χ1) is 7.91. The number of carbonyl (C=O) groups is 1. The number of rotatable bonds is 4. The van der Waals surface area contributed by atoms with Crippen molar-refractivity contribution in [3.63, 3.8) is 0 Å². The molecule has 0 fully saturated rings. The number of carbonyl (C=O) groups excluding carboxylic acids is 1. The monoisotopic (exact) mass is 239 g/mol. The number of hydrogen-bond donors (Lipinski definition) is 1. The molecular weight excluding hydrogens is 222 g/mol. The van der Waals surface area contributed by atoms with Gasteiger partial charge in [-0.3, -0.25) is 9.59 Å². The lowest BCUT2D eigenvalue weighted by Gasteiger charge is -2.17. The van der Waals surface area contributed by atoms with Crippen LogP contribution in [0.4, 0.5) is 0 Å². The van der Waals surface area contributed by atoms with E-state index in [0.29, 0.717) is 13.0 Å². The van der Waals surface area contributed by atoms with Crippen LogP contribution in [0.2, 0.25) is 0 Å². The zero-order valence-corrected chi connectivity index (χ0v) is 10.3. The highest BCUT2D eigenvalue weighted by Crippen LogP contribution is 2.00. The number of nitrogens with zero attached hydrogens (tertiary/aromatic N) is 3. The summed E-state index contributed by atoms with van der Waals surface area (Å²) in [4.78, 5) is 24.5. The molecule has 1 atom stereocenters. The van der Waals surface area contributed by atoms with Gasteiger partial charge in [-0.2, -0.15) is 5.10 Å². The maximum Gasteiger partial charge on any atom is 0.274 e. The second kappa shape index (κ2) is 5.58. The molecule has 0 bridgehead atoms. The van der Waals surface area contributed by atoms with E-state index in [0.717, 1.165) is 4.68 Å². The number of aromatic nitrogens is 2. The van der Waals surface area contributed by atoms with Crippen LogP contribution in [0, 0.1) is 0 Å². The Balaban J connectivity index is 2.75. The van der Waals surface area contributed by atoms with E-state index in [1.165, 1.54) is 24.1 Å². The molecule has 0 aliphatic heterocycles. The Morgan fingerprint density at radius 2 is 2.24 bits per heavy atom. The van der Waals surface area contributed by atoms with Gasteiger partial charge in [-0.1, -0.05) is 0 Å². The molecule has 0 radical (unpaired) electrons. The van der Waals surface area contributed by atoms with E-state index in [9.17, 15) is 9.59 Å². The quantitative estimate of drug-likeness (QED) is 0.777. The molecule has 0 spiro atoms. The van der Waals surface area contributed by atoms with Crippen LogP contribution in [-0.2, 0) is 7.05 Å². The van der Waals surface area contributed by atoms with Crippen molar-refractivity contribution in [3.8, 4) is 0 Å². The Kier molecular flexibility index (Phi) is 4.39. The van der Waals surface area contributed by atoms with Crippen molar-refractivity contribution < 1.29 is 9.90 Å². The molecule has 94 valence electrons. The smallest absolute Gasteiger partial charge is 0.274 e. The lowest BCUT2D eigenvalue weighted by molar-refractivity contribution is 0.0760. The summed E-state index contributed by atoms with van der Waals surface area (Å²) < 4.78 is 1.12. The molecular formula is C11H17N3O3. The predicted molar refractivity (Wildman–Crippen MR) is 62.7 cm³/mol. The Hall–Kier alpha value is -1.69. The van der Waals surface area contributed by atoms with Crippen LogP contribution in [0.1, 0.15) is 23.8 Å². The van der Waals surface area contributed by atoms with E-state index < -0.39 is 6.10 Å². The SMILES string of the molecule is CC(O)CCN(C)C(=O)c1ccc(=O)n(C)n1. The average Bonchev–Trinajstić information content (AvgIpc) is 2.28. The second-order valence-electron chi connectivity index (χ2n) is 4.04. The third-order valence-corrected chi connectivity index (χ3v) is 2.41. The van der Waals surface area contributed by atoms with Gasteiger partial charge in [0.25, 0.3) is 11.5 Å². The maximum absolute atomic E-state index is 11.9. The molecule has 0 saturated heterocycles. The van der Waals surface area contributed by atoms with Crippen LogP contribution < -0.4 is 5.56 Å². The zero-order chi connectivity index (χ0) is 13.0. The van der Waals surface area contributed by atoms with Crippen LogP contribution in [-0.4, -0.2) is 45.4 Å². The van der Waals surface area contributed by atoms with Gasteiger partial charge in [0.1, 0.15) is 5.69 Å². The molecule has 6 nitrogen and oxygen atoms in total. The molecule has 1 unspecified atom stereocenters. The minimum Gasteiger partial charge on any atom is -0.393 e. The largest absolute Gasteiger partial charge is 0.393 e. The molecule has 1 aromatic rings. The summed E-state index contributed by atoms with van der Waals surface area (Å²) in [6, 6.07) is 2.71. The van der Waals surface area contributed by atoms with E-state index >= 15 is 0 Å². The van der Waals surface area contributed by atoms with Gasteiger partial charge in [-0.05, 0) is 19.4 Å². The summed E-state index contributed by atoms with van der Waals surface area (Å²) in [7, 11) is 3.13. The fraction of sp³-hybridized carbons (Fsp3) is 0.545. The molecule has 0 aromatic carbocycles. The lowest BCUT2D eigenvalue weighted by Crippen LogP contribution is -2.32. The molecule has 0 aliphatic carbocycles. The summed E-state index contributed by atoms with van der Waals surface area (Å²) in [6.45, 7) is 2.11. The number of aliphatic hydroxyl groups excluding tert-OH is 1. The van der Waals surface area contributed by atoms with E-state index in [1.54, 1.807) is 14.0 Å². The molecule has 0 saturated carbocycles. The van der Waals surface area contributed by atoms with Crippen LogP contribution in [0.3, 0.4) is 0 Å². The lowest BCUT2D eigenvalue weighted by atomic mass is 10.2. The van der Waals surface area contributed by atoms with E-state index in [1.807, 2.05) is 0 Å². The van der Waals surface area contributed by atoms with E-state index in [-0.39, 0.29) is 17.2 Å². The fourth-order valence-electron chi connectivity index (χ4n) is 1.29. The molecule has 1 rings (SSSR count). The zero-order valence-electron chi connectivity index (χ0n) is 10.3. The summed E-state index contributed by atoms with van der Waals surface area (Å²) >= 11 is 0. The van der Waals surface area contributed by atoms with Crippen molar-refractivity contribution in [2.24, 2.45) is 7.05 Å². The first kappa shape index (κ1) is 13.4. The van der Waals surface area contributed by atoms with E-state index in [2.05, 4.69) is 5.10 Å². The molecule has 0 aliphatic rings. The molecule has 1 aromatic heterocycles. The third kappa shape index (κ3) is 3.67. The molecule has 1 heterocycles. The highest BCUT2D eigenvalue weighted by molar-refractivity contribution is 5.91. The number of amides is 1. The minimum absolute atomic E-state index is 0.222. The Morgan fingerprint density at radius 1 is 1.59 bits per heavy atom. The molecule has 1 N–H and O–H groups in total. The Bertz CT molecular complexity index is 454. The highest BCUT2D eigenvalue weighted by atomic mass is 16.3. The fourth-order valence-corrected chi connectivity index (χ4v) is 1.29. The van der Waals surface area contributed by atoms with Gasteiger partial charge < -0.3 is 10.0 Å². The molecule has 17 heavy (non-hydrogen) atoms. The topological polar surface area (TPSA) is 75.4 Å². The van der Waals surface area contributed by atoms with Gasteiger partial charge in [-0.15, -0.1) is 0 Å². The second-order valence-corrected chi connectivity index (χ2v) is 4.04. The Morgan fingerprint density at radius 3 is 2.76 bits per heavy atom. The summed E-state index contributed by atoms with van der Waals surface area (Å²) in [5.74, 6) is -0.263. The highest BCUT2D eigenvalue weighted by Gasteiger charge is 2.14. The maximum atomic E-state index is 11.9. The van der Waals surface area contributed by atoms with Gasteiger partial charge >= 0.3 is 0 Å². The van der Waals surface area contributed by atoms with Crippen molar-refractivity contribution in [1.82, 2.24) is 14.7 Å². The van der Waals surface area contributed by atoms with Crippen LogP contribution in [0.25, 0.3) is 0 Å². The van der Waals surface area contributed by atoms with Crippen LogP contribution >= 0.6 is 0 Å². The average molecular weight is 239 g/mol. The van der Waals surface area contributed by atoms with E-state index in [4.69, 9.17) is 5.11 Å². The van der Waals surface area contributed by atoms with Gasteiger partial charge in [0, 0.05) is 26.7 Å². The van der Waals surface area contributed by atoms with Gasteiger partial charge in [0.15, 0.2) is 0 Å². The summed E-state index contributed by atoms with van der Waals surface area (Å²) in [6.07, 6.45) is 0.0620. The van der Waals surface area contributed by atoms with Crippen molar-refractivity contribution in [2.75, 3.05) is 13.6 Å². The Labute approximate surface area is 99.5 Å². The number of aliphatic hydroxyl groups is 1. The normalized spacial score (nSPS) is 12.2. The van der Waals surface area contributed by atoms with Crippen molar-refractivity contribution in [1.29, 1.82) is 0 Å². The standard InChI is InChI=1S/C11H17N3O3/c1-8(15)6-7-13(2)11(17)9-4-5-10(16)14(3)12-9/h4-5,8,15H,6-7H2,1-3H3. The number of hydrogen-bond acceptors (Lipinski definition) is 4. The van der Waals surface area contributed by atoms with Crippen molar-refractivity contribution >= 4 is 5.91 Å². The van der Waals surface area contributed by atoms with Gasteiger partial charge in [0.05, 0.1) is 6.10 Å². The van der Waals surface area contributed by atoms with Crippen molar-refractivity contribution in [3.05, 3.63) is 28.2 Å². The minimum atomic E-state index is -0.446. The van der Waals surface area contributed by atoms with Crippen LogP contribution in [0.5, 0.6) is 0 Å². The van der Waals surface area contributed by atoms with Gasteiger partial charge in [-0.25, -0.2) is 4.68 Å².